The Kier molecular flexibility index (Phi) is 3.23. The van der Waals surface area contributed by atoms with Crippen LogP contribution in [-0.4, -0.2) is 10.1 Å². The van der Waals surface area contributed by atoms with E-state index < -0.39 is 30.5 Å². The summed E-state index contributed by atoms with van der Waals surface area (Å²) in [4.78, 5) is 3.04. The summed E-state index contributed by atoms with van der Waals surface area (Å²) in [6, 6.07) is 1.34. The van der Waals surface area contributed by atoms with Crippen LogP contribution in [0.4, 0.5) is 22.0 Å². The highest BCUT2D eigenvalue weighted by Crippen LogP contribution is 2.35. The quantitative estimate of drug-likeness (QED) is 0.787. The maximum absolute atomic E-state index is 12.2. The number of rotatable bonds is 2. The molecule has 1 aromatic rings. The van der Waals surface area contributed by atoms with Crippen LogP contribution in [0.1, 0.15) is 23.4 Å². The molecule has 0 saturated carbocycles. The number of pyridine rings is 1. The van der Waals surface area contributed by atoms with E-state index in [-0.39, 0.29) is 5.69 Å². The zero-order valence-electron chi connectivity index (χ0n) is 7.22. The number of nitrogens with zero attached hydrogens (tertiary/aromatic N) is 1. The van der Waals surface area contributed by atoms with Crippen molar-refractivity contribution in [2.24, 2.45) is 0 Å². The Balaban J connectivity index is 3.28. The van der Waals surface area contributed by atoms with Crippen molar-refractivity contribution in [1.82, 2.24) is 4.98 Å². The van der Waals surface area contributed by atoms with Crippen LogP contribution < -0.4 is 0 Å². The molecule has 0 aromatic carbocycles. The summed E-state index contributed by atoms with van der Waals surface area (Å²) in [5.74, 6) is 0. The normalized spacial score (nSPS) is 12.2. The molecule has 1 heterocycles. The van der Waals surface area contributed by atoms with Crippen LogP contribution in [0.25, 0.3) is 0 Å². The molecule has 1 N–H and O–H groups in total. The fourth-order valence-corrected chi connectivity index (χ4v) is 1.01. The topological polar surface area (TPSA) is 33.1 Å². The molecule has 7 heteroatoms. The van der Waals surface area contributed by atoms with Crippen molar-refractivity contribution in [2.45, 2.75) is 19.2 Å². The second kappa shape index (κ2) is 4.09. The van der Waals surface area contributed by atoms with Crippen LogP contribution in [-0.2, 0) is 12.8 Å². The molecule has 0 amide bonds. The Morgan fingerprint density at radius 2 is 1.87 bits per heavy atom. The summed E-state index contributed by atoms with van der Waals surface area (Å²) in [5.41, 5.74) is -3.05. The minimum atomic E-state index is -4.87. The van der Waals surface area contributed by atoms with Crippen molar-refractivity contribution < 1.29 is 27.1 Å². The fraction of sp³-hybridized carbons (Fsp3) is 0.375. The summed E-state index contributed by atoms with van der Waals surface area (Å²) >= 11 is 0. The Morgan fingerprint density at radius 3 is 2.27 bits per heavy atom. The number of halogens is 5. The van der Waals surface area contributed by atoms with Gasteiger partial charge in [0, 0.05) is 0 Å². The molecule has 0 aliphatic carbocycles. The lowest BCUT2D eigenvalue weighted by molar-refractivity contribution is -0.140. The highest BCUT2D eigenvalue weighted by atomic mass is 19.4. The third-order valence-corrected chi connectivity index (χ3v) is 1.66. The van der Waals surface area contributed by atoms with Gasteiger partial charge in [0.2, 0.25) is 0 Å². The summed E-state index contributed by atoms with van der Waals surface area (Å²) in [5, 5.41) is 8.55. The average Bonchev–Trinajstić information content (AvgIpc) is 2.15. The van der Waals surface area contributed by atoms with Gasteiger partial charge < -0.3 is 5.11 Å². The monoisotopic (exact) mass is 227 g/mol. The van der Waals surface area contributed by atoms with Crippen molar-refractivity contribution in [2.75, 3.05) is 0 Å². The number of alkyl halides is 5. The molecule has 1 aromatic heterocycles. The highest BCUT2D eigenvalue weighted by Gasteiger charge is 2.36. The second-order valence-electron chi connectivity index (χ2n) is 2.69. The van der Waals surface area contributed by atoms with Gasteiger partial charge in [-0.05, 0) is 12.1 Å². The molecular formula is C8H6F5NO. The molecule has 0 saturated heterocycles. The SMILES string of the molecule is OCc1ccc(C(F)(F)F)c(C(F)F)n1. The lowest BCUT2D eigenvalue weighted by Crippen LogP contribution is -2.12. The van der Waals surface area contributed by atoms with Gasteiger partial charge in [-0.25, -0.2) is 13.8 Å². The van der Waals surface area contributed by atoms with Crippen molar-refractivity contribution in [3.63, 3.8) is 0 Å². The van der Waals surface area contributed by atoms with E-state index in [0.29, 0.717) is 6.07 Å². The van der Waals surface area contributed by atoms with Crippen molar-refractivity contribution >= 4 is 0 Å². The number of hydrogen-bond acceptors (Lipinski definition) is 2. The summed E-state index contributed by atoms with van der Waals surface area (Å²) in [6.07, 6.45) is -8.19. The summed E-state index contributed by atoms with van der Waals surface area (Å²) in [6.45, 7) is -0.683. The van der Waals surface area contributed by atoms with Crippen LogP contribution >= 0.6 is 0 Å². The van der Waals surface area contributed by atoms with Gasteiger partial charge >= 0.3 is 6.18 Å². The molecule has 0 radical (unpaired) electrons. The number of aliphatic hydroxyl groups excluding tert-OH is 1. The van der Waals surface area contributed by atoms with Gasteiger partial charge in [-0.2, -0.15) is 13.2 Å². The van der Waals surface area contributed by atoms with Gasteiger partial charge in [0.1, 0.15) is 5.69 Å². The van der Waals surface area contributed by atoms with Crippen molar-refractivity contribution in [3.05, 3.63) is 29.1 Å². The minimum Gasteiger partial charge on any atom is -0.390 e. The predicted octanol–water partition coefficient (Wildman–Crippen LogP) is 2.53. The standard InChI is InChI=1S/C8H6F5NO/c9-7(10)6-5(8(11,12)13)2-1-4(3-15)14-6/h1-2,7,15H,3H2. The van der Waals surface area contributed by atoms with Crippen LogP contribution in [0.2, 0.25) is 0 Å². The molecule has 1 rings (SSSR count). The fourth-order valence-electron chi connectivity index (χ4n) is 1.01. The van der Waals surface area contributed by atoms with Crippen LogP contribution in [0.15, 0.2) is 12.1 Å². The smallest absolute Gasteiger partial charge is 0.390 e. The first-order chi connectivity index (χ1) is 6.86. The maximum atomic E-state index is 12.2. The van der Waals surface area contributed by atoms with Gasteiger partial charge in [0.15, 0.2) is 0 Å². The third kappa shape index (κ3) is 2.62. The van der Waals surface area contributed by atoms with E-state index >= 15 is 0 Å². The Hall–Kier alpha value is -1.24. The molecule has 0 aliphatic heterocycles. The zero-order valence-corrected chi connectivity index (χ0v) is 7.22. The first-order valence-corrected chi connectivity index (χ1v) is 3.82. The second-order valence-corrected chi connectivity index (χ2v) is 2.69. The van der Waals surface area contributed by atoms with Gasteiger partial charge in [0.25, 0.3) is 6.43 Å². The molecule has 0 aliphatic rings. The zero-order chi connectivity index (χ0) is 11.6. The molecule has 0 fully saturated rings. The van der Waals surface area contributed by atoms with E-state index in [0.717, 1.165) is 6.07 Å². The molecule has 0 unspecified atom stereocenters. The molecule has 15 heavy (non-hydrogen) atoms. The van der Waals surface area contributed by atoms with E-state index in [9.17, 15) is 22.0 Å². The highest BCUT2D eigenvalue weighted by molar-refractivity contribution is 5.26. The molecular weight excluding hydrogens is 221 g/mol. The molecule has 0 spiro atoms. The maximum Gasteiger partial charge on any atom is 0.418 e. The Morgan fingerprint density at radius 1 is 1.27 bits per heavy atom. The summed E-state index contributed by atoms with van der Waals surface area (Å²) in [7, 11) is 0. The van der Waals surface area contributed by atoms with E-state index in [4.69, 9.17) is 5.11 Å². The third-order valence-electron chi connectivity index (χ3n) is 1.66. The first-order valence-electron chi connectivity index (χ1n) is 3.82. The van der Waals surface area contributed by atoms with E-state index in [2.05, 4.69) is 4.98 Å². The molecule has 84 valence electrons. The van der Waals surface area contributed by atoms with E-state index in [1.54, 1.807) is 0 Å². The largest absolute Gasteiger partial charge is 0.418 e. The van der Waals surface area contributed by atoms with Crippen LogP contribution in [0, 0.1) is 0 Å². The predicted molar refractivity (Wildman–Crippen MR) is 40.1 cm³/mol. The molecule has 2 nitrogen and oxygen atoms in total. The molecule has 0 atom stereocenters. The number of hydrogen-bond donors (Lipinski definition) is 1. The Labute approximate surface area is 81.4 Å². The summed E-state index contributed by atoms with van der Waals surface area (Å²) < 4.78 is 61.1. The van der Waals surface area contributed by atoms with E-state index in [1.807, 2.05) is 0 Å². The van der Waals surface area contributed by atoms with Crippen molar-refractivity contribution in [3.8, 4) is 0 Å². The van der Waals surface area contributed by atoms with Crippen molar-refractivity contribution in [1.29, 1.82) is 0 Å². The minimum absolute atomic E-state index is 0.224. The number of aliphatic hydroxyl groups is 1. The lowest BCUT2D eigenvalue weighted by Gasteiger charge is -2.12. The van der Waals surface area contributed by atoms with Gasteiger partial charge in [-0.1, -0.05) is 0 Å². The van der Waals surface area contributed by atoms with Gasteiger partial charge in [-0.3, -0.25) is 0 Å². The average molecular weight is 227 g/mol. The van der Waals surface area contributed by atoms with Crippen LogP contribution in [0.3, 0.4) is 0 Å². The van der Waals surface area contributed by atoms with E-state index in [1.165, 1.54) is 0 Å². The lowest BCUT2D eigenvalue weighted by atomic mass is 10.1. The molecule has 0 bridgehead atoms. The Bertz CT molecular complexity index is 349. The van der Waals surface area contributed by atoms with Gasteiger partial charge in [-0.15, -0.1) is 0 Å². The number of aromatic nitrogens is 1. The van der Waals surface area contributed by atoms with Gasteiger partial charge in [0.05, 0.1) is 17.9 Å². The first kappa shape index (κ1) is 11.8. The van der Waals surface area contributed by atoms with Crippen LogP contribution in [0.5, 0.6) is 0 Å².